The fraction of sp³-hybridized carbons (Fsp3) is 0.385. The van der Waals surface area contributed by atoms with Crippen molar-refractivity contribution in [2.24, 2.45) is 11.7 Å². The van der Waals surface area contributed by atoms with E-state index >= 15 is 0 Å². The molecule has 0 aliphatic rings. The van der Waals surface area contributed by atoms with Crippen molar-refractivity contribution in [3.63, 3.8) is 0 Å². The highest BCUT2D eigenvalue weighted by atomic mass is 16.1. The van der Waals surface area contributed by atoms with Gasteiger partial charge in [0.1, 0.15) is 5.92 Å². The maximum absolute atomic E-state index is 10.9. The van der Waals surface area contributed by atoms with Gasteiger partial charge in [0.25, 0.3) is 0 Å². The maximum atomic E-state index is 10.9. The minimum atomic E-state index is -0.732. The number of carbonyl (C=O) groups is 1. The Labute approximate surface area is 95.9 Å². The monoisotopic (exact) mass is 216 g/mol. The zero-order valence-electron chi connectivity index (χ0n) is 9.60. The summed E-state index contributed by atoms with van der Waals surface area (Å²) in [5.41, 5.74) is 7.33. The summed E-state index contributed by atoms with van der Waals surface area (Å²) in [6.45, 7) is 4.24. The van der Waals surface area contributed by atoms with Gasteiger partial charge in [0.2, 0.25) is 5.91 Å². The first-order valence-electron chi connectivity index (χ1n) is 5.32. The predicted octanol–water partition coefficient (Wildman–Crippen LogP) is 1.98. The lowest BCUT2D eigenvalue weighted by Crippen LogP contribution is -2.23. The van der Waals surface area contributed by atoms with Crippen LogP contribution >= 0.6 is 0 Å². The Balaban J connectivity index is 2.76. The molecule has 1 aromatic rings. The van der Waals surface area contributed by atoms with Crippen LogP contribution in [0.15, 0.2) is 24.3 Å². The standard InChI is InChI=1S/C13H16N2O/c1-9(2)11-5-3-10(4-6-11)7-12(8-14)13(15)16/h3-6,9,12H,7H2,1-2H3,(H2,15,16). The first-order valence-corrected chi connectivity index (χ1v) is 5.32. The first-order chi connectivity index (χ1) is 7.54. The molecule has 0 saturated heterocycles. The molecule has 0 heterocycles. The molecule has 2 N–H and O–H groups in total. The van der Waals surface area contributed by atoms with Gasteiger partial charge in [0.15, 0.2) is 0 Å². The Morgan fingerprint density at radius 3 is 2.31 bits per heavy atom. The van der Waals surface area contributed by atoms with Crippen molar-refractivity contribution in [2.45, 2.75) is 26.2 Å². The second-order valence-corrected chi connectivity index (χ2v) is 4.18. The number of nitrogens with two attached hydrogens (primary N) is 1. The molecule has 0 fully saturated rings. The molecule has 84 valence electrons. The van der Waals surface area contributed by atoms with E-state index in [1.807, 2.05) is 30.3 Å². The molecule has 1 aromatic carbocycles. The fourth-order valence-corrected chi connectivity index (χ4v) is 1.48. The van der Waals surface area contributed by atoms with E-state index in [0.29, 0.717) is 12.3 Å². The molecule has 3 heteroatoms. The van der Waals surface area contributed by atoms with Crippen molar-refractivity contribution in [3.8, 4) is 6.07 Å². The van der Waals surface area contributed by atoms with E-state index in [0.717, 1.165) is 5.56 Å². The van der Waals surface area contributed by atoms with Crippen LogP contribution in [-0.2, 0) is 11.2 Å². The predicted molar refractivity (Wildman–Crippen MR) is 62.5 cm³/mol. The smallest absolute Gasteiger partial charge is 0.235 e. The van der Waals surface area contributed by atoms with Gasteiger partial charge in [-0.2, -0.15) is 5.26 Å². The van der Waals surface area contributed by atoms with Crippen LogP contribution in [0, 0.1) is 17.2 Å². The van der Waals surface area contributed by atoms with E-state index in [1.165, 1.54) is 5.56 Å². The quantitative estimate of drug-likeness (QED) is 0.836. The number of amides is 1. The molecule has 0 aliphatic heterocycles. The van der Waals surface area contributed by atoms with Crippen molar-refractivity contribution in [1.82, 2.24) is 0 Å². The largest absolute Gasteiger partial charge is 0.369 e. The molecular weight excluding hydrogens is 200 g/mol. The van der Waals surface area contributed by atoms with Crippen molar-refractivity contribution >= 4 is 5.91 Å². The van der Waals surface area contributed by atoms with E-state index in [1.54, 1.807) is 0 Å². The number of hydrogen-bond acceptors (Lipinski definition) is 2. The van der Waals surface area contributed by atoms with Crippen molar-refractivity contribution in [1.29, 1.82) is 5.26 Å². The Morgan fingerprint density at radius 1 is 1.38 bits per heavy atom. The van der Waals surface area contributed by atoms with Crippen molar-refractivity contribution in [2.75, 3.05) is 0 Å². The number of rotatable bonds is 4. The summed E-state index contributed by atoms with van der Waals surface area (Å²) in [5.74, 6) is -0.808. The zero-order valence-corrected chi connectivity index (χ0v) is 9.60. The summed E-state index contributed by atoms with van der Waals surface area (Å²) >= 11 is 0. The number of hydrogen-bond donors (Lipinski definition) is 1. The molecule has 1 amide bonds. The van der Waals surface area contributed by atoms with Crippen LogP contribution in [0.5, 0.6) is 0 Å². The van der Waals surface area contributed by atoms with Crippen LogP contribution in [0.3, 0.4) is 0 Å². The molecule has 0 spiro atoms. The van der Waals surface area contributed by atoms with Gasteiger partial charge in [0, 0.05) is 0 Å². The molecule has 1 rings (SSSR count). The Morgan fingerprint density at radius 2 is 1.94 bits per heavy atom. The van der Waals surface area contributed by atoms with Gasteiger partial charge in [-0.25, -0.2) is 0 Å². The van der Waals surface area contributed by atoms with Gasteiger partial charge in [-0.05, 0) is 23.5 Å². The summed E-state index contributed by atoms with van der Waals surface area (Å²) in [6, 6.07) is 9.85. The van der Waals surface area contributed by atoms with E-state index in [-0.39, 0.29) is 0 Å². The minimum absolute atomic E-state index is 0.393. The summed E-state index contributed by atoms with van der Waals surface area (Å²) < 4.78 is 0. The van der Waals surface area contributed by atoms with Crippen LogP contribution in [0.25, 0.3) is 0 Å². The first kappa shape index (κ1) is 12.3. The molecule has 16 heavy (non-hydrogen) atoms. The molecule has 0 saturated carbocycles. The van der Waals surface area contributed by atoms with Crippen LogP contribution in [-0.4, -0.2) is 5.91 Å². The van der Waals surface area contributed by atoms with Gasteiger partial charge < -0.3 is 5.73 Å². The third kappa shape index (κ3) is 3.09. The highest BCUT2D eigenvalue weighted by molar-refractivity contribution is 5.79. The van der Waals surface area contributed by atoms with E-state index in [9.17, 15) is 4.79 Å². The molecule has 0 aromatic heterocycles. The lowest BCUT2D eigenvalue weighted by Gasteiger charge is -2.08. The second-order valence-electron chi connectivity index (χ2n) is 4.18. The number of primary amides is 1. The number of carbonyl (C=O) groups excluding carboxylic acids is 1. The number of nitrogens with zero attached hydrogens (tertiary/aromatic N) is 1. The number of benzene rings is 1. The molecule has 0 bridgehead atoms. The van der Waals surface area contributed by atoms with Gasteiger partial charge in [-0.1, -0.05) is 38.1 Å². The van der Waals surface area contributed by atoms with Crippen molar-refractivity contribution in [3.05, 3.63) is 35.4 Å². The van der Waals surface area contributed by atoms with E-state index < -0.39 is 11.8 Å². The summed E-state index contributed by atoms with van der Waals surface area (Å²) in [7, 11) is 0. The molecule has 0 radical (unpaired) electrons. The molecule has 1 unspecified atom stereocenters. The summed E-state index contributed by atoms with van der Waals surface area (Å²) in [5, 5.41) is 8.75. The fourth-order valence-electron chi connectivity index (χ4n) is 1.48. The Hall–Kier alpha value is -1.82. The van der Waals surface area contributed by atoms with Crippen LogP contribution < -0.4 is 5.73 Å². The number of nitriles is 1. The van der Waals surface area contributed by atoms with Crippen molar-refractivity contribution < 1.29 is 4.79 Å². The van der Waals surface area contributed by atoms with Crippen LogP contribution in [0.4, 0.5) is 0 Å². The van der Waals surface area contributed by atoms with Crippen LogP contribution in [0.1, 0.15) is 30.9 Å². The lowest BCUT2D eigenvalue weighted by atomic mass is 9.96. The lowest BCUT2D eigenvalue weighted by molar-refractivity contribution is -0.120. The van der Waals surface area contributed by atoms with E-state index in [4.69, 9.17) is 11.0 Å². The van der Waals surface area contributed by atoms with Crippen LogP contribution in [0.2, 0.25) is 0 Å². The summed E-state index contributed by atoms with van der Waals surface area (Å²) in [6.07, 6.45) is 0.393. The zero-order chi connectivity index (χ0) is 12.1. The van der Waals surface area contributed by atoms with E-state index in [2.05, 4.69) is 13.8 Å². The second kappa shape index (κ2) is 5.32. The molecular formula is C13H16N2O. The average Bonchev–Trinajstić information content (AvgIpc) is 2.26. The Bertz CT molecular complexity index is 401. The summed E-state index contributed by atoms with van der Waals surface area (Å²) in [4.78, 5) is 10.9. The highest BCUT2D eigenvalue weighted by Crippen LogP contribution is 2.16. The SMILES string of the molecule is CC(C)c1ccc(CC(C#N)C(N)=O)cc1. The topological polar surface area (TPSA) is 66.9 Å². The Kier molecular flexibility index (Phi) is 4.07. The van der Waals surface area contributed by atoms with Gasteiger partial charge in [-0.15, -0.1) is 0 Å². The third-order valence-electron chi connectivity index (χ3n) is 2.59. The molecule has 3 nitrogen and oxygen atoms in total. The van der Waals surface area contributed by atoms with Gasteiger partial charge in [0.05, 0.1) is 6.07 Å². The minimum Gasteiger partial charge on any atom is -0.369 e. The molecule has 0 aliphatic carbocycles. The highest BCUT2D eigenvalue weighted by Gasteiger charge is 2.14. The molecule has 1 atom stereocenters. The normalized spacial score (nSPS) is 12.1. The van der Waals surface area contributed by atoms with Gasteiger partial charge in [-0.3, -0.25) is 4.79 Å². The third-order valence-corrected chi connectivity index (χ3v) is 2.59. The van der Waals surface area contributed by atoms with Gasteiger partial charge >= 0.3 is 0 Å². The average molecular weight is 216 g/mol. The maximum Gasteiger partial charge on any atom is 0.235 e.